The normalized spacial score (nSPS) is 11.9. The minimum Gasteiger partial charge on any atom is -0.497 e. The molecule has 0 aliphatic heterocycles. The van der Waals surface area contributed by atoms with Gasteiger partial charge in [0, 0.05) is 0 Å². The Morgan fingerprint density at radius 1 is 0.900 bits per heavy atom. The quantitative estimate of drug-likeness (QED) is 0.769. The summed E-state index contributed by atoms with van der Waals surface area (Å²) in [5.41, 5.74) is 1.17. The van der Waals surface area contributed by atoms with Crippen LogP contribution in [0.15, 0.2) is 54.6 Å². The van der Waals surface area contributed by atoms with E-state index in [9.17, 15) is 0 Å². The minimum atomic E-state index is 0.0392. The zero-order valence-electron chi connectivity index (χ0n) is 11.9. The molecule has 0 aliphatic rings. The molecular formula is C17H20O3. The monoisotopic (exact) mass is 272 g/mol. The Hall–Kier alpha value is -2.00. The third-order valence-corrected chi connectivity index (χ3v) is 2.92. The predicted molar refractivity (Wildman–Crippen MR) is 79.2 cm³/mol. The van der Waals surface area contributed by atoms with Crippen LogP contribution in [0, 0.1) is 0 Å². The van der Waals surface area contributed by atoms with Crippen LogP contribution in [0.25, 0.3) is 0 Å². The summed E-state index contributed by atoms with van der Waals surface area (Å²) in [6.45, 7) is 3.14. The lowest BCUT2D eigenvalue weighted by atomic mass is 10.2. The van der Waals surface area contributed by atoms with Crippen LogP contribution >= 0.6 is 0 Å². The van der Waals surface area contributed by atoms with Crippen molar-refractivity contribution in [3.8, 4) is 11.5 Å². The maximum Gasteiger partial charge on any atom is 0.119 e. The van der Waals surface area contributed by atoms with E-state index in [-0.39, 0.29) is 6.10 Å². The Balaban J connectivity index is 1.73. The molecule has 3 nitrogen and oxygen atoms in total. The van der Waals surface area contributed by atoms with Crippen molar-refractivity contribution in [3.05, 3.63) is 60.2 Å². The molecule has 0 radical (unpaired) electrons. The molecule has 0 bridgehead atoms. The zero-order chi connectivity index (χ0) is 14.2. The number of benzene rings is 2. The second-order valence-corrected chi connectivity index (χ2v) is 4.59. The Kier molecular flexibility index (Phi) is 5.44. The van der Waals surface area contributed by atoms with Gasteiger partial charge in [-0.2, -0.15) is 0 Å². The van der Waals surface area contributed by atoms with E-state index in [1.54, 1.807) is 7.11 Å². The summed E-state index contributed by atoms with van der Waals surface area (Å²) in [5.74, 6) is 1.65. The van der Waals surface area contributed by atoms with Gasteiger partial charge in [-0.15, -0.1) is 0 Å². The van der Waals surface area contributed by atoms with Crippen molar-refractivity contribution in [1.82, 2.24) is 0 Å². The number of hydrogen-bond acceptors (Lipinski definition) is 3. The molecule has 0 aliphatic carbocycles. The van der Waals surface area contributed by atoms with Crippen molar-refractivity contribution >= 4 is 0 Å². The molecule has 106 valence electrons. The van der Waals surface area contributed by atoms with Crippen LogP contribution in [0.4, 0.5) is 0 Å². The van der Waals surface area contributed by atoms with E-state index in [1.165, 1.54) is 5.56 Å². The molecule has 0 N–H and O–H groups in total. The van der Waals surface area contributed by atoms with Gasteiger partial charge in [-0.05, 0) is 36.8 Å². The molecule has 0 aromatic heterocycles. The van der Waals surface area contributed by atoms with E-state index in [4.69, 9.17) is 14.2 Å². The summed E-state index contributed by atoms with van der Waals surface area (Å²) in [4.78, 5) is 0. The molecule has 0 saturated carbocycles. The third kappa shape index (κ3) is 4.59. The van der Waals surface area contributed by atoms with Crippen LogP contribution in [0.5, 0.6) is 11.5 Å². The molecule has 1 atom stereocenters. The highest BCUT2D eigenvalue weighted by molar-refractivity contribution is 5.31. The van der Waals surface area contributed by atoms with Crippen LogP contribution < -0.4 is 9.47 Å². The summed E-state index contributed by atoms with van der Waals surface area (Å²) < 4.78 is 16.5. The highest BCUT2D eigenvalue weighted by Gasteiger charge is 2.04. The van der Waals surface area contributed by atoms with Gasteiger partial charge in [0.1, 0.15) is 18.1 Å². The highest BCUT2D eigenvalue weighted by Crippen LogP contribution is 2.17. The van der Waals surface area contributed by atoms with Gasteiger partial charge in [0.05, 0.1) is 19.8 Å². The number of rotatable bonds is 7. The van der Waals surface area contributed by atoms with Crippen LogP contribution in [-0.2, 0) is 11.3 Å². The van der Waals surface area contributed by atoms with Crippen molar-refractivity contribution in [3.63, 3.8) is 0 Å². The number of ether oxygens (including phenoxy) is 3. The highest BCUT2D eigenvalue weighted by atomic mass is 16.5. The maximum absolute atomic E-state index is 5.74. The molecule has 1 unspecified atom stereocenters. The molecule has 0 heterocycles. The van der Waals surface area contributed by atoms with Gasteiger partial charge in [-0.3, -0.25) is 0 Å². The SMILES string of the molecule is COc1ccc(OCC(C)OCc2ccccc2)cc1. The summed E-state index contributed by atoms with van der Waals surface area (Å²) >= 11 is 0. The molecular weight excluding hydrogens is 252 g/mol. The third-order valence-electron chi connectivity index (χ3n) is 2.92. The summed E-state index contributed by atoms with van der Waals surface area (Å²) in [5, 5.41) is 0. The molecule has 0 saturated heterocycles. The first-order valence-electron chi connectivity index (χ1n) is 6.70. The first kappa shape index (κ1) is 14.4. The standard InChI is InChI=1S/C17H20O3/c1-14(19-13-15-6-4-3-5-7-15)12-20-17-10-8-16(18-2)9-11-17/h3-11,14H,12-13H2,1-2H3. The predicted octanol–water partition coefficient (Wildman–Crippen LogP) is 3.68. The van der Waals surface area contributed by atoms with Crippen LogP contribution in [0.2, 0.25) is 0 Å². The lowest BCUT2D eigenvalue weighted by Gasteiger charge is -2.14. The summed E-state index contributed by atoms with van der Waals surface area (Å²) in [7, 11) is 1.65. The molecule has 2 aromatic carbocycles. The van der Waals surface area contributed by atoms with Crippen LogP contribution in [0.1, 0.15) is 12.5 Å². The van der Waals surface area contributed by atoms with Gasteiger partial charge in [-0.25, -0.2) is 0 Å². The molecule has 0 spiro atoms. The van der Waals surface area contributed by atoms with Crippen molar-refractivity contribution in [2.75, 3.05) is 13.7 Å². The van der Waals surface area contributed by atoms with Gasteiger partial charge in [0.2, 0.25) is 0 Å². The molecule has 20 heavy (non-hydrogen) atoms. The van der Waals surface area contributed by atoms with E-state index < -0.39 is 0 Å². The fourth-order valence-electron chi connectivity index (χ4n) is 1.75. The second-order valence-electron chi connectivity index (χ2n) is 4.59. The van der Waals surface area contributed by atoms with E-state index >= 15 is 0 Å². The van der Waals surface area contributed by atoms with Gasteiger partial charge in [0.25, 0.3) is 0 Å². The smallest absolute Gasteiger partial charge is 0.119 e. The second kappa shape index (κ2) is 7.56. The lowest BCUT2D eigenvalue weighted by molar-refractivity contribution is 0.0214. The van der Waals surface area contributed by atoms with Gasteiger partial charge >= 0.3 is 0 Å². The molecule has 2 aromatic rings. The van der Waals surface area contributed by atoms with E-state index in [0.717, 1.165) is 11.5 Å². The average Bonchev–Trinajstić information content (AvgIpc) is 2.52. The number of hydrogen-bond donors (Lipinski definition) is 0. The maximum atomic E-state index is 5.74. The Bertz CT molecular complexity index is 493. The average molecular weight is 272 g/mol. The van der Waals surface area contributed by atoms with E-state index in [1.807, 2.05) is 49.4 Å². The first-order chi connectivity index (χ1) is 9.78. The zero-order valence-corrected chi connectivity index (χ0v) is 11.9. The van der Waals surface area contributed by atoms with Crippen molar-refractivity contribution in [2.24, 2.45) is 0 Å². The largest absolute Gasteiger partial charge is 0.497 e. The van der Waals surface area contributed by atoms with Crippen molar-refractivity contribution in [2.45, 2.75) is 19.6 Å². The van der Waals surface area contributed by atoms with E-state index in [0.29, 0.717) is 13.2 Å². The Morgan fingerprint density at radius 3 is 2.20 bits per heavy atom. The van der Waals surface area contributed by atoms with Gasteiger partial charge < -0.3 is 14.2 Å². The summed E-state index contributed by atoms with van der Waals surface area (Å²) in [6.07, 6.45) is 0.0392. The van der Waals surface area contributed by atoms with Crippen LogP contribution in [-0.4, -0.2) is 19.8 Å². The van der Waals surface area contributed by atoms with E-state index in [2.05, 4.69) is 12.1 Å². The molecule has 2 rings (SSSR count). The number of methoxy groups -OCH3 is 1. The summed E-state index contributed by atoms with van der Waals surface area (Å²) in [6, 6.07) is 17.7. The first-order valence-corrected chi connectivity index (χ1v) is 6.70. The van der Waals surface area contributed by atoms with Crippen LogP contribution in [0.3, 0.4) is 0 Å². The molecule has 3 heteroatoms. The Labute approximate surface area is 120 Å². The minimum absolute atomic E-state index is 0.0392. The van der Waals surface area contributed by atoms with Crippen molar-refractivity contribution < 1.29 is 14.2 Å². The fraction of sp³-hybridized carbons (Fsp3) is 0.294. The molecule has 0 fully saturated rings. The fourth-order valence-corrected chi connectivity index (χ4v) is 1.75. The lowest BCUT2D eigenvalue weighted by Crippen LogP contribution is -2.17. The van der Waals surface area contributed by atoms with Gasteiger partial charge in [0.15, 0.2) is 0 Å². The molecule has 0 amide bonds. The van der Waals surface area contributed by atoms with Crippen molar-refractivity contribution in [1.29, 1.82) is 0 Å². The topological polar surface area (TPSA) is 27.7 Å². The Morgan fingerprint density at radius 2 is 1.55 bits per heavy atom. The van der Waals surface area contributed by atoms with Gasteiger partial charge in [-0.1, -0.05) is 30.3 Å².